The van der Waals surface area contributed by atoms with E-state index >= 15 is 0 Å². The SMILES string of the molecule is Cc1sc(Cn2ccc(=O)[nH]c2=O)nc1C12CC3CC(CC(C3)C1)C2. The lowest BCUT2D eigenvalue weighted by Gasteiger charge is -2.56. The molecule has 0 aliphatic heterocycles. The molecular weight excluding hydrogens is 334 g/mol. The summed E-state index contributed by atoms with van der Waals surface area (Å²) in [5, 5.41) is 0.970. The van der Waals surface area contributed by atoms with E-state index in [9.17, 15) is 9.59 Å². The van der Waals surface area contributed by atoms with Gasteiger partial charge in [0.25, 0.3) is 5.56 Å². The highest BCUT2D eigenvalue weighted by molar-refractivity contribution is 7.11. The minimum absolute atomic E-state index is 0.295. The summed E-state index contributed by atoms with van der Waals surface area (Å²) in [4.78, 5) is 31.8. The summed E-state index contributed by atoms with van der Waals surface area (Å²) in [5.74, 6) is 2.70. The minimum atomic E-state index is -0.364. The third kappa shape index (κ3) is 2.53. The Hall–Kier alpha value is -1.69. The second-order valence-corrected chi connectivity index (χ2v) is 9.74. The molecule has 2 aromatic heterocycles. The van der Waals surface area contributed by atoms with Crippen LogP contribution in [0.1, 0.15) is 54.1 Å². The van der Waals surface area contributed by atoms with Crippen LogP contribution in [0, 0.1) is 24.7 Å². The summed E-state index contributed by atoms with van der Waals surface area (Å²) in [7, 11) is 0. The van der Waals surface area contributed by atoms with E-state index in [1.165, 1.54) is 59.7 Å². The molecule has 4 saturated carbocycles. The Bertz CT molecular complexity index is 903. The molecular formula is C19H23N3O2S. The number of nitrogens with zero attached hydrogens (tertiary/aromatic N) is 2. The maximum atomic E-state index is 11.9. The summed E-state index contributed by atoms with van der Waals surface area (Å²) in [6.07, 6.45) is 9.78. The van der Waals surface area contributed by atoms with Gasteiger partial charge in [-0.25, -0.2) is 9.78 Å². The van der Waals surface area contributed by atoms with E-state index in [0.717, 1.165) is 22.8 Å². The Balaban J connectivity index is 1.48. The first-order valence-corrected chi connectivity index (χ1v) is 10.1. The Morgan fingerprint density at radius 3 is 2.44 bits per heavy atom. The number of aromatic nitrogens is 3. The fourth-order valence-electron chi connectivity index (χ4n) is 6.13. The second kappa shape index (κ2) is 5.40. The molecule has 2 heterocycles. The van der Waals surface area contributed by atoms with Gasteiger partial charge in [-0.05, 0) is 63.2 Å². The Morgan fingerprint density at radius 2 is 1.84 bits per heavy atom. The predicted molar refractivity (Wildman–Crippen MR) is 97.1 cm³/mol. The van der Waals surface area contributed by atoms with Crippen LogP contribution in [0.4, 0.5) is 0 Å². The molecule has 0 unspecified atom stereocenters. The molecule has 6 rings (SSSR count). The third-order valence-electron chi connectivity index (χ3n) is 6.58. The van der Waals surface area contributed by atoms with Gasteiger partial charge in [0.15, 0.2) is 0 Å². The van der Waals surface area contributed by atoms with Crippen molar-refractivity contribution in [1.29, 1.82) is 0 Å². The maximum Gasteiger partial charge on any atom is 0.328 e. The molecule has 25 heavy (non-hydrogen) atoms. The van der Waals surface area contributed by atoms with Gasteiger partial charge >= 0.3 is 5.69 Å². The fraction of sp³-hybridized carbons (Fsp3) is 0.632. The molecule has 4 bridgehead atoms. The lowest BCUT2D eigenvalue weighted by Crippen LogP contribution is -2.49. The zero-order chi connectivity index (χ0) is 17.2. The average Bonchev–Trinajstić information content (AvgIpc) is 2.90. The molecule has 1 N–H and O–H groups in total. The number of thiazole rings is 1. The largest absolute Gasteiger partial charge is 0.328 e. The third-order valence-corrected chi connectivity index (χ3v) is 7.54. The molecule has 0 spiro atoms. The van der Waals surface area contributed by atoms with E-state index in [2.05, 4.69) is 11.9 Å². The van der Waals surface area contributed by atoms with Crippen LogP contribution in [0.15, 0.2) is 21.9 Å². The molecule has 0 amide bonds. The van der Waals surface area contributed by atoms with Gasteiger partial charge in [0.05, 0.1) is 12.2 Å². The molecule has 0 radical (unpaired) electrons. The number of aryl methyl sites for hydroxylation is 1. The molecule has 132 valence electrons. The van der Waals surface area contributed by atoms with E-state index in [0.29, 0.717) is 12.0 Å². The highest BCUT2D eigenvalue weighted by Gasteiger charge is 2.53. The summed E-state index contributed by atoms with van der Waals surface area (Å²) < 4.78 is 1.53. The highest BCUT2D eigenvalue weighted by Crippen LogP contribution is 2.61. The van der Waals surface area contributed by atoms with Gasteiger partial charge in [0.2, 0.25) is 0 Å². The minimum Gasteiger partial charge on any atom is -0.294 e. The smallest absolute Gasteiger partial charge is 0.294 e. The van der Waals surface area contributed by atoms with E-state index in [1.54, 1.807) is 17.5 Å². The van der Waals surface area contributed by atoms with Crippen LogP contribution in [0.25, 0.3) is 0 Å². The first-order chi connectivity index (χ1) is 12.0. The normalized spacial score (nSPS) is 33.1. The van der Waals surface area contributed by atoms with Gasteiger partial charge < -0.3 is 0 Å². The van der Waals surface area contributed by atoms with E-state index in [4.69, 9.17) is 4.98 Å². The summed E-state index contributed by atoms with van der Waals surface area (Å²) in [6.45, 7) is 2.62. The summed E-state index contributed by atoms with van der Waals surface area (Å²) >= 11 is 1.71. The molecule has 0 atom stereocenters. The molecule has 5 nitrogen and oxygen atoms in total. The van der Waals surface area contributed by atoms with Crippen LogP contribution >= 0.6 is 11.3 Å². The second-order valence-electron chi connectivity index (χ2n) is 8.45. The van der Waals surface area contributed by atoms with Gasteiger partial charge in [-0.1, -0.05) is 0 Å². The summed E-state index contributed by atoms with van der Waals surface area (Å²) in [6, 6.07) is 1.39. The van der Waals surface area contributed by atoms with Crippen molar-refractivity contribution < 1.29 is 0 Å². The first-order valence-electron chi connectivity index (χ1n) is 9.27. The van der Waals surface area contributed by atoms with Gasteiger partial charge in [-0.3, -0.25) is 14.3 Å². The van der Waals surface area contributed by atoms with Crippen LogP contribution in [0.5, 0.6) is 0 Å². The highest BCUT2D eigenvalue weighted by atomic mass is 32.1. The maximum absolute atomic E-state index is 11.9. The Kier molecular flexibility index (Phi) is 3.36. The molecule has 4 aliphatic rings. The molecule has 0 aromatic carbocycles. The zero-order valence-electron chi connectivity index (χ0n) is 14.5. The monoisotopic (exact) mass is 357 g/mol. The van der Waals surface area contributed by atoms with Crippen molar-refractivity contribution in [2.24, 2.45) is 17.8 Å². The van der Waals surface area contributed by atoms with Crippen molar-refractivity contribution in [3.05, 3.63) is 48.7 Å². The molecule has 4 fully saturated rings. The first kappa shape index (κ1) is 15.6. The molecule has 6 heteroatoms. The van der Waals surface area contributed by atoms with Crippen LogP contribution in [0.2, 0.25) is 0 Å². The molecule has 4 aliphatic carbocycles. The summed E-state index contributed by atoms with van der Waals surface area (Å²) in [5.41, 5.74) is 0.885. The van der Waals surface area contributed by atoms with Crippen LogP contribution in [-0.4, -0.2) is 14.5 Å². The lowest BCUT2D eigenvalue weighted by atomic mass is 9.48. The standard InChI is InChI=1S/C19H23N3O2S/c1-11-17(19-7-12-4-13(8-19)6-14(5-12)9-19)21-16(25-11)10-22-3-2-15(23)20-18(22)24/h2-3,12-14H,4-10H2,1H3,(H,20,23,24). The predicted octanol–water partition coefficient (Wildman–Crippen LogP) is 2.82. The van der Waals surface area contributed by atoms with Crippen LogP contribution < -0.4 is 11.2 Å². The van der Waals surface area contributed by atoms with Crippen LogP contribution in [-0.2, 0) is 12.0 Å². The number of hydrogen-bond donors (Lipinski definition) is 1. The van der Waals surface area contributed by atoms with Crippen molar-refractivity contribution >= 4 is 11.3 Å². The van der Waals surface area contributed by atoms with E-state index in [1.807, 2.05) is 0 Å². The lowest BCUT2D eigenvalue weighted by molar-refractivity contribution is -0.00725. The van der Waals surface area contributed by atoms with Crippen molar-refractivity contribution in [1.82, 2.24) is 14.5 Å². The average molecular weight is 357 g/mol. The topological polar surface area (TPSA) is 67.8 Å². The number of aromatic amines is 1. The van der Waals surface area contributed by atoms with Crippen molar-refractivity contribution in [2.45, 2.75) is 57.4 Å². The Morgan fingerprint density at radius 1 is 1.20 bits per heavy atom. The van der Waals surface area contributed by atoms with Gasteiger partial charge in [0, 0.05) is 22.6 Å². The molecule has 0 saturated heterocycles. The molecule has 2 aromatic rings. The van der Waals surface area contributed by atoms with E-state index in [-0.39, 0.29) is 11.2 Å². The van der Waals surface area contributed by atoms with Gasteiger partial charge in [0.1, 0.15) is 5.01 Å². The quantitative estimate of drug-likeness (QED) is 0.918. The van der Waals surface area contributed by atoms with Crippen molar-refractivity contribution in [2.75, 3.05) is 0 Å². The van der Waals surface area contributed by atoms with Gasteiger partial charge in [-0.15, -0.1) is 11.3 Å². The zero-order valence-corrected chi connectivity index (χ0v) is 15.3. The number of hydrogen-bond acceptors (Lipinski definition) is 4. The number of rotatable bonds is 3. The van der Waals surface area contributed by atoms with Crippen molar-refractivity contribution in [3.63, 3.8) is 0 Å². The van der Waals surface area contributed by atoms with E-state index < -0.39 is 0 Å². The fourth-order valence-corrected chi connectivity index (χ4v) is 7.18. The number of H-pyrrole nitrogens is 1. The number of nitrogens with one attached hydrogen (secondary N) is 1. The van der Waals surface area contributed by atoms with Crippen LogP contribution in [0.3, 0.4) is 0 Å². The van der Waals surface area contributed by atoms with Crippen molar-refractivity contribution in [3.8, 4) is 0 Å². The van der Waals surface area contributed by atoms with Gasteiger partial charge in [-0.2, -0.15) is 0 Å². The Labute approximate surface area is 150 Å².